The predicted molar refractivity (Wildman–Crippen MR) is 106 cm³/mol. The lowest BCUT2D eigenvalue weighted by atomic mass is 9.97. The highest BCUT2D eigenvalue weighted by molar-refractivity contribution is 5.86. The normalized spacial score (nSPS) is 30.0. The number of fused-ring (bicyclic) bond motifs is 1. The molecule has 0 saturated carbocycles. The number of alkyl carbamates (subject to hydrolysis) is 1. The summed E-state index contributed by atoms with van der Waals surface area (Å²) in [6.07, 6.45) is -6.26. The van der Waals surface area contributed by atoms with Gasteiger partial charge >= 0.3 is 12.1 Å². The maximum Gasteiger partial charge on any atom is 0.407 e. The number of aliphatic hydroxyl groups excluding tert-OH is 1. The van der Waals surface area contributed by atoms with Crippen LogP contribution < -0.4 is 5.32 Å². The minimum Gasteiger partial charge on any atom is -0.460 e. The molecule has 6 atom stereocenters. The molecule has 0 bridgehead atoms. The summed E-state index contributed by atoms with van der Waals surface area (Å²) in [6, 6.07) is 9.28. The van der Waals surface area contributed by atoms with Crippen molar-refractivity contribution in [3.8, 4) is 0 Å². The van der Waals surface area contributed by atoms with Crippen LogP contribution in [-0.4, -0.2) is 74.7 Å². The zero-order valence-electron chi connectivity index (χ0n) is 17.4. The van der Waals surface area contributed by atoms with Crippen LogP contribution in [0.1, 0.15) is 18.8 Å². The van der Waals surface area contributed by atoms with Crippen LogP contribution in [-0.2, 0) is 33.2 Å². The summed E-state index contributed by atoms with van der Waals surface area (Å²) >= 11 is 0. The van der Waals surface area contributed by atoms with Crippen molar-refractivity contribution in [2.24, 2.45) is 0 Å². The lowest BCUT2D eigenvalue weighted by Crippen LogP contribution is -2.63. The standard InChI is InChI=1S/C21H27NO9/c1-12(2)18(24)27-10-9-22-21(25)31-17-15(23)16-14(29-20(17)26-3)11-28-19(30-16)13-7-5-4-6-8-13/h4-8,14-17,19-20,23H,1,9-11H2,2-3H3,(H,22,25)/t14-,15+,16-,17-,19?,20+/m1/s1. The van der Waals surface area contributed by atoms with Gasteiger partial charge in [-0.05, 0) is 6.92 Å². The van der Waals surface area contributed by atoms with Gasteiger partial charge in [0.2, 0.25) is 0 Å². The molecule has 1 unspecified atom stereocenters. The molecule has 2 fully saturated rings. The molecule has 31 heavy (non-hydrogen) atoms. The van der Waals surface area contributed by atoms with Gasteiger partial charge in [-0.3, -0.25) is 0 Å². The fraction of sp³-hybridized carbons (Fsp3) is 0.524. The Morgan fingerprint density at radius 3 is 2.68 bits per heavy atom. The van der Waals surface area contributed by atoms with Gasteiger partial charge in [-0.25, -0.2) is 9.59 Å². The van der Waals surface area contributed by atoms with Crippen molar-refractivity contribution in [1.82, 2.24) is 5.32 Å². The van der Waals surface area contributed by atoms with Crippen LogP contribution in [0.25, 0.3) is 0 Å². The van der Waals surface area contributed by atoms with Crippen molar-refractivity contribution in [2.75, 3.05) is 26.9 Å². The first kappa shape index (κ1) is 23.2. The summed E-state index contributed by atoms with van der Waals surface area (Å²) in [4.78, 5) is 23.5. The van der Waals surface area contributed by atoms with E-state index in [0.29, 0.717) is 0 Å². The number of ether oxygens (including phenoxy) is 6. The van der Waals surface area contributed by atoms with Crippen molar-refractivity contribution in [1.29, 1.82) is 0 Å². The monoisotopic (exact) mass is 437 g/mol. The predicted octanol–water partition coefficient (Wildman–Crippen LogP) is 1.05. The topological polar surface area (TPSA) is 122 Å². The highest BCUT2D eigenvalue weighted by Crippen LogP contribution is 2.35. The van der Waals surface area contributed by atoms with Crippen LogP contribution in [0.3, 0.4) is 0 Å². The zero-order chi connectivity index (χ0) is 22.4. The number of hydrogen-bond donors (Lipinski definition) is 2. The van der Waals surface area contributed by atoms with Crippen molar-refractivity contribution in [3.63, 3.8) is 0 Å². The average molecular weight is 437 g/mol. The third kappa shape index (κ3) is 5.81. The van der Waals surface area contributed by atoms with Gasteiger partial charge in [-0.2, -0.15) is 0 Å². The molecule has 170 valence electrons. The van der Waals surface area contributed by atoms with Crippen LogP contribution in [0.15, 0.2) is 42.5 Å². The summed E-state index contributed by atoms with van der Waals surface area (Å²) in [5.41, 5.74) is 1.05. The summed E-state index contributed by atoms with van der Waals surface area (Å²) in [7, 11) is 1.38. The molecule has 0 aromatic heterocycles. The Bertz CT molecular complexity index is 771. The van der Waals surface area contributed by atoms with E-state index in [-0.39, 0.29) is 25.3 Å². The Morgan fingerprint density at radius 2 is 2.00 bits per heavy atom. The minimum absolute atomic E-state index is 0.0195. The molecule has 2 N–H and O–H groups in total. The van der Waals surface area contributed by atoms with Crippen LogP contribution in [0.2, 0.25) is 0 Å². The Morgan fingerprint density at radius 1 is 1.26 bits per heavy atom. The number of nitrogens with one attached hydrogen (secondary N) is 1. The molecular formula is C21H27NO9. The molecule has 2 aliphatic heterocycles. The van der Waals surface area contributed by atoms with Crippen molar-refractivity contribution >= 4 is 12.1 Å². The number of amides is 1. The third-order valence-electron chi connectivity index (χ3n) is 4.81. The van der Waals surface area contributed by atoms with E-state index >= 15 is 0 Å². The highest BCUT2D eigenvalue weighted by atomic mass is 16.8. The van der Waals surface area contributed by atoms with E-state index in [1.54, 1.807) is 0 Å². The average Bonchev–Trinajstić information content (AvgIpc) is 2.78. The van der Waals surface area contributed by atoms with Gasteiger partial charge < -0.3 is 38.8 Å². The fourth-order valence-corrected chi connectivity index (χ4v) is 3.25. The molecule has 2 heterocycles. The molecule has 1 amide bonds. The van der Waals surface area contributed by atoms with Gasteiger partial charge in [0, 0.05) is 18.2 Å². The van der Waals surface area contributed by atoms with Crippen molar-refractivity contribution < 1.29 is 43.1 Å². The molecule has 10 heteroatoms. The van der Waals surface area contributed by atoms with E-state index in [1.165, 1.54) is 14.0 Å². The number of carbonyl (C=O) groups excluding carboxylic acids is 2. The Hall–Kier alpha value is -2.50. The second-order valence-corrected chi connectivity index (χ2v) is 7.16. The lowest BCUT2D eigenvalue weighted by Gasteiger charge is -2.46. The highest BCUT2D eigenvalue weighted by Gasteiger charge is 2.51. The first-order valence-electron chi connectivity index (χ1n) is 9.86. The minimum atomic E-state index is -1.22. The number of rotatable bonds is 7. The van der Waals surface area contributed by atoms with Crippen LogP contribution in [0, 0.1) is 0 Å². The maximum atomic E-state index is 12.2. The quantitative estimate of drug-likeness (QED) is 0.366. The summed E-state index contributed by atoms with van der Waals surface area (Å²) in [6.45, 7) is 5.13. The van der Waals surface area contributed by atoms with Gasteiger partial charge in [0.15, 0.2) is 18.7 Å². The van der Waals surface area contributed by atoms with Gasteiger partial charge in [0.25, 0.3) is 0 Å². The van der Waals surface area contributed by atoms with E-state index in [0.717, 1.165) is 5.56 Å². The maximum absolute atomic E-state index is 12.2. The fourth-order valence-electron chi connectivity index (χ4n) is 3.25. The Kier molecular flexibility index (Phi) is 7.99. The van der Waals surface area contributed by atoms with Gasteiger partial charge in [-0.1, -0.05) is 36.9 Å². The first-order valence-corrected chi connectivity index (χ1v) is 9.86. The van der Waals surface area contributed by atoms with Crippen LogP contribution in [0.5, 0.6) is 0 Å². The second-order valence-electron chi connectivity index (χ2n) is 7.16. The van der Waals surface area contributed by atoms with Crippen LogP contribution >= 0.6 is 0 Å². The molecule has 1 aromatic carbocycles. The van der Waals surface area contributed by atoms with Gasteiger partial charge in [-0.15, -0.1) is 0 Å². The van der Waals surface area contributed by atoms with E-state index < -0.39 is 49.1 Å². The summed E-state index contributed by atoms with van der Waals surface area (Å²) in [5, 5.41) is 13.3. The molecule has 10 nitrogen and oxygen atoms in total. The number of esters is 1. The van der Waals surface area contributed by atoms with Gasteiger partial charge in [0.05, 0.1) is 13.2 Å². The number of carbonyl (C=O) groups is 2. The lowest BCUT2D eigenvalue weighted by molar-refractivity contribution is -0.357. The molecule has 1 aromatic rings. The molecule has 0 radical (unpaired) electrons. The number of aliphatic hydroxyl groups is 1. The van der Waals surface area contributed by atoms with E-state index in [2.05, 4.69) is 11.9 Å². The summed E-state index contributed by atoms with van der Waals surface area (Å²) in [5.74, 6) is -0.554. The number of benzene rings is 1. The summed E-state index contributed by atoms with van der Waals surface area (Å²) < 4.78 is 32.9. The molecule has 0 aliphatic carbocycles. The smallest absolute Gasteiger partial charge is 0.407 e. The number of methoxy groups -OCH3 is 1. The van der Waals surface area contributed by atoms with E-state index in [1.807, 2.05) is 30.3 Å². The van der Waals surface area contributed by atoms with Crippen LogP contribution in [0.4, 0.5) is 4.79 Å². The molecule has 2 aliphatic rings. The van der Waals surface area contributed by atoms with E-state index in [9.17, 15) is 14.7 Å². The van der Waals surface area contributed by atoms with Crippen molar-refractivity contribution in [2.45, 2.75) is 43.9 Å². The second kappa shape index (κ2) is 10.7. The third-order valence-corrected chi connectivity index (χ3v) is 4.81. The molecule has 3 rings (SSSR count). The number of hydrogen-bond acceptors (Lipinski definition) is 9. The van der Waals surface area contributed by atoms with E-state index in [4.69, 9.17) is 28.4 Å². The largest absolute Gasteiger partial charge is 0.460 e. The van der Waals surface area contributed by atoms with Crippen molar-refractivity contribution in [3.05, 3.63) is 48.0 Å². The van der Waals surface area contributed by atoms with Gasteiger partial charge in [0.1, 0.15) is 24.9 Å². The molecule has 2 saturated heterocycles. The Labute approximate surface area is 180 Å². The first-order chi connectivity index (χ1) is 14.9. The Balaban J connectivity index is 1.56. The molecule has 0 spiro atoms. The zero-order valence-corrected chi connectivity index (χ0v) is 17.4. The molecular weight excluding hydrogens is 410 g/mol. The SMILES string of the molecule is C=C(C)C(=O)OCCNC(=O)O[C@H]1[C@@H](OC)O[C@@H]2COC(c3ccccc3)O[C@H]2[C@@H]1O.